The van der Waals surface area contributed by atoms with E-state index < -0.39 is 0 Å². The number of likely N-dealkylation sites (N-methyl/N-ethyl adjacent to an activating group) is 1. The SMILES string of the molecule is CCNCCCCCCN(CC)CCOC. The van der Waals surface area contributed by atoms with Gasteiger partial charge in [-0.2, -0.15) is 0 Å². The van der Waals surface area contributed by atoms with Crippen LogP contribution in [0.3, 0.4) is 0 Å². The number of hydrogen-bond acceptors (Lipinski definition) is 3. The largest absolute Gasteiger partial charge is 0.383 e. The van der Waals surface area contributed by atoms with Crippen LogP contribution in [0.2, 0.25) is 0 Å². The molecule has 0 aromatic rings. The number of nitrogens with one attached hydrogen (secondary N) is 1. The lowest BCUT2D eigenvalue weighted by molar-refractivity contribution is 0.149. The van der Waals surface area contributed by atoms with Crippen molar-refractivity contribution >= 4 is 0 Å². The molecule has 0 bridgehead atoms. The highest BCUT2D eigenvalue weighted by Gasteiger charge is 2.00. The lowest BCUT2D eigenvalue weighted by atomic mass is 10.2. The first-order chi connectivity index (χ1) is 7.85. The summed E-state index contributed by atoms with van der Waals surface area (Å²) in [6, 6.07) is 0. The summed E-state index contributed by atoms with van der Waals surface area (Å²) >= 11 is 0. The number of rotatable bonds is 12. The third-order valence-electron chi connectivity index (χ3n) is 2.89. The second-order valence-corrected chi connectivity index (χ2v) is 4.19. The van der Waals surface area contributed by atoms with Gasteiger partial charge in [0.15, 0.2) is 0 Å². The number of nitrogens with zero attached hydrogens (tertiary/aromatic N) is 1. The molecule has 0 aromatic carbocycles. The quantitative estimate of drug-likeness (QED) is 0.520. The van der Waals surface area contributed by atoms with Gasteiger partial charge in [-0.05, 0) is 39.0 Å². The van der Waals surface area contributed by atoms with Crippen molar-refractivity contribution in [1.82, 2.24) is 10.2 Å². The number of unbranched alkanes of at least 4 members (excludes halogenated alkanes) is 3. The molecule has 0 fully saturated rings. The summed E-state index contributed by atoms with van der Waals surface area (Å²) in [6.07, 6.45) is 5.35. The Morgan fingerprint density at radius 1 is 1.00 bits per heavy atom. The molecule has 16 heavy (non-hydrogen) atoms. The van der Waals surface area contributed by atoms with E-state index in [0.29, 0.717) is 0 Å². The molecule has 0 aromatic heterocycles. The summed E-state index contributed by atoms with van der Waals surface area (Å²) in [4.78, 5) is 2.47. The van der Waals surface area contributed by atoms with Gasteiger partial charge in [-0.15, -0.1) is 0 Å². The summed E-state index contributed by atoms with van der Waals surface area (Å²) in [5, 5.41) is 3.36. The van der Waals surface area contributed by atoms with Crippen LogP contribution < -0.4 is 5.32 Å². The highest BCUT2D eigenvalue weighted by molar-refractivity contribution is 4.55. The fourth-order valence-corrected chi connectivity index (χ4v) is 1.76. The van der Waals surface area contributed by atoms with Gasteiger partial charge >= 0.3 is 0 Å². The monoisotopic (exact) mass is 230 g/mol. The lowest BCUT2D eigenvalue weighted by Gasteiger charge is -2.19. The van der Waals surface area contributed by atoms with Crippen molar-refractivity contribution in [2.24, 2.45) is 0 Å². The maximum atomic E-state index is 5.10. The number of methoxy groups -OCH3 is 1. The molecule has 0 aliphatic heterocycles. The van der Waals surface area contributed by atoms with E-state index in [2.05, 4.69) is 24.1 Å². The van der Waals surface area contributed by atoms with Gasteiger partial charge in [0, 0.05) is 13.7 Å². The summed E-state index contributed by atoms with van der Waals surface area (Å²) in [5.41, 5.74) is 0. The predicted octanol–water partition coefficient (Wildman–Crippen LogP) is 2.12. The molecule has 3 heteroatoms. The second kappa shape index (κ2) is 12.9. The standard InChI is InChI=1S/C13H30N2O/c1-4-14-10-8-6-7-9-11-15(5-2)12-13-16-3/h14H,4-13H2,1-3H3. The summed E-state index contributed by atoms with van der Waals surface area (Å²) in [7, 11) is 1.77. The van der Waals surface area contributed by atoms with Crippen LogP contribution in [0.1, 0.15) is 39.5 Å². The Kier molecular flexibility index (Phi) is 12.9. The normalized spacial score (nSPS) is 11.2. The Morgan fingerprint density at radius 3 is 2.38 bits per heavy atom. The van der Waals surface area contributed by atoms with Gasteiger partial charge in [0.1, 0.15) is 0 Å². The van der Waals surface area contributed by atoms with E-state index in [9.17, 15) is 0 Å². The van der Waals surface area contributed by atoms with E-state index in [1.54, 1.807) is 7.11 Å². The van der Waals surface area contributed by atoms with Gasteiger partial charge in [0.25, 0.3) is 0 Å². The summed E-state index contributed by atoms with van der Waals surface area (Å²) < 4.78 is 5.10. The van der Waals surface area contributed by atoms with E-state index in [1.807, 2.05) is 0 Å². The molecule has 3 nitrogen and oxygen atoms in total. The van der Waals surface area contributed by atoms with Gasteiger partial charge in [-0.25, -0.2) is 0 Å². The Bertz CT molecular complexity index is 131. The van der Waals surface area contributed by atoms with Crippen LogP contribution in [0, 0.1) is 0 Å². The van der Waals surface area contributed by atoms with Crippen LogP contribution in [0.15, 0.2) is 0 Å². The first-order valence-corrected chi connectivity index (χ1v) is 6.77. The van der Waals surface area contributed by atoms with Crippen molar-refractivity contribution in [1.29, 1.82) is 0 Å². The van der Waals surface area contributed by atoms with Crippen molar-refractivity contribution < 1.29 is 4.74 Å². The molecular formula is C13H30N2O. The second-order valence-electron chi connectivity index (χ2n) is 4.19. The molecule has 0 heterocycles. The minimum atomic E-state index is 0.855. The molecule has 0 spiro atoms. The zero-order valence-electron chi connectivity index (χ0n) is 11.4. The molecule has 0 saturated carbocycles. The summed E-state index contributed by atoms with van der Waals surface area (Å²) in [5.74, 6) is 0. The lowest BCUT2D eigenvalue weighted by Crippen LogP contribution is -2.28. The molecule has 0 unspecified atom stereocenters. The van der Waals surface area contributed by atoms with Crippen LogP contribution in [0.4, 0.5) is 0 Å². The minimum Gasteiger partial charge on any atom is -0.383 e. The Morgan fingerprint density at radius 2 is 1.75 bits per heavy atom. The molecule has 1 N–H and O–H groups in total. The fraction of sp³-hybridized carbons (Fsp3) is 1.00. The maximum Gasteiger partial charge on any atom is 0.0589 e. The van der Waals surface area contributed by atoms with Crippen LogP contribution in [-0.2, 0) is 4.74 Å². The molecule has 0 aliphatic carbocycles. The highest BCUT2D eigenvalue weighted by atomic mass is 16.5. The third kappa shape index (κ3) is 10.4. The topological polar surface area (TPSA) is 24.5 Å². The number of ether oxygens (including phenoxy) is 1. The Labute approximate surface area is 102 Å². The minimum absolute atomic E-state index is 0.855. The molecule has 0 aliphatic rings. The zero-order chi connectivity index (χ0) is 12.1. The highest BCUT2D eigenvalue weighted by Crippen LogP contribution is 2.01. The molecule has 98 valence electrons. The van der Waals surface area contributed by atoms with Crippen LogP contribution in [0.5, 0.6) is 0 Å². The molecule has 0 rings (SSSR count). The molecular weight excluding hydrogens is 200 g/mol. The van der Waals surface area contributed by atoms with Crippen LogP contribution in [-0.4, -0.2) is 51.3 Å². The van der Waals surface area contributed by atoms with Gasteiger partial charge < -0.3 is 15.0 Å². The van der Waals surface area contributed by atoms with Crippen LogP contribution in [0.25, 0.3) is 0 Å². The first kappa shape index (κ1) is 15.9. The van der Waals surface area contributed by atoms with E-state index in [1.165, 1.54) is 38.8 Å². The zero-order valence-corrected chi connectivity index (χ0v) is 11.4. The van der Waals surface area contributed by atoms with Gasteiger partial charge in [0.05, 0.1) is 6.61 Å². The van der Waals surface area contributed by atoms with Gasteiger partial charge in [-0.3, -0.25) is 0 Å². The predicted molar refractivity (Wildman–Crippen MR) is 71.0 cm³/mol. The molecule has 0 atom stereocenters. The van der Waals surface area contributed by atoms with Crippen molar-refractivity contribution in [2.75, 3.05) is 46.4 Å². The van der Waals surface area contributed by atoms with Gasteiger partial charge in [0.2, 0.25) is 0 Å². The molecule has 0 saturated heterocycles. The van der Waals surface area contributed by atoms with E-state index in [0.717, 1.165) is 26.2 Å². The van der Waals surface area contributed by atoms with Crippen molar-refractivity contribution in [3.8, 4) is 0 Å². The Balaban J connectivity index is 3.20. The van der Waals surface area contributed by atoms with Crippen molar-refractivity contribution in [2.45, 2.75) is 39.5 Å². The first-order valence-electron chi connectivity index (χ1n) is 6.77. The molecule has 0 amide bonds. The fourth-order valence-electron chi connectivity index (χ4n) is 1.76. The van der Waals surface area contributed by atoms with E-state index in [-0.39, 0.29) is 0 Å². The van der Waals surface area contributed by atoms with E-state index >= 15 is 0 Å². The third-order valence-corrected chi connectivity index (χ3v) is 2.89. The average Bonchev–Trinajstić information content (AvgIpc) is 2.32. The van der Waals surface area contributed by atoms with Gasteiger partial charge in [-0.1, -0.05) is 26.7 Å². The van der Waals surface area contributed by atoms with E-state index in [4.69, 9.17) is 4.74 Å². The van der Waals surface area contributed by atoms with Crippen molar-refractivity contribution in [3.63, 3.8) is 0 Å². The molecule has 0 radical (unpaired) electrons. The Hall–Kier alpha value is -0.120. The van der Waals surface area contributed by atoms with Crippen molar-refractivity contribution in [3.05, 3.63) is 0 Å². The summed E-state index contributed by atoms with van der Waals surface area (Å²) in [6.45, 7) is 11.0. The average molecular weight is 230 g/mol. The number of hydrogen-bond donors (Lipinski definition) is 1. The maximum absolute atomic E-state index is 5.10. The van der Waals surface area contributed by atoms with Crippen LogP contribution >= 0.6 is 0 Å². The smallest absolute Gasteiger partial charge is 0.0589 e.